The normalized spacial score (nSPS) is 20.1. The van der Waals surface area contributed by atoms with Crippen molar-refractivity contribution in [3.8, 4) is 16.9 Å². The summed E-state index contributed by atoms with van der Waals surface area (Å²) >= 11 is 3.46. The Bertz CT molecular complexity index is 634. The van der Waals surface area contributed by atoms with Crippen LogP contribution in [0.3, 0.4) is 0 Å². The van der Waals surface area contributed by atoms with Gasteiger partial charge in [0.25, 0.3) is 0 Å². The molecule has 0 saturated carbocycles. The first-order valence-electron chi connectivity index (χ1n) is 6.79. The maximum Gasteiger partial charge on any atom is 0.124 e. The van der Waals surface area contributed by atoms with Crippen molar-refractivity contribution < 1.29 is 4.74 Å². The third-order valence-corrected chi connectivity index (χ3v) is 4.21. The van der Waals surface area contributed by atoms with Gasteiger partial charge in [0.2, 0.25) is 0 Å². The predicted molar refractivity (Wildman–Crippen MR) is 85.8 cm³/mol. The Hall–Kier alpha value is -1.32. The van der Waals surface area contributed by atoms with Crippen LogP contribution >= 0.6 is 15.9 Å². The molecule has 1 heterocycles. The molecule has 0 amide bonds. The summed E-state index contributed by atoms with van der Waals surface area (Å²) in [6, 6.07) is 14.6. The van der Waals surface area contributed by atoms with E-state index in [9.17, 15) is 0 Å². The van der Waals surface area contributed by atoms with Gasteiger partial charge in [-0.25, -0.2) is 0 Å². The van der Waals surface area contributed by atoms with Crippen LogP contribution in [0, 0.1) is 0 Å². The Morgan fingerprint density at radius 1 is 1.10 bits per heavy atom. The maximum absolute atomic E-state index is 6.31. The fraction of sp³-hybridized carbons (Fsp3) is 0.294. The summed E-state index contributed by atoms with van der Waals surface area (Å²) in [6.45, 7) is 4.16. The molecule has 1 atom stereocenters. The van der Waals surface area contributed by atoms with Crippen LogP contribution in [0.25, 0.3) is 11.1 Å². The van der Waals surface area contributed by atoms with Gasteiger partial charge >= 0.3 is 0 Å². The van der Waals surface area contributed by atoms with Crippen molar-refractivity contribution in [2.75, 3.05) is 0 Å². The quantitative estimate of drug-likeness (QED) is 0.823. The maximum atomic E-state index is 6.31. The summed E-state index contributed by atoms with van der Waals surface area (Å²) in [4.78, 5) is 0. The highest BCUT2D eigenvalue weighted by molar-refractivity contribution is 9.10. The molecule has 3 heteroatoms. The summed E-state index contributed by atoms with van der Waals surface area (Å²) in [7, 11) is 0. The molecule has 0 aromatic heterocycles. The fourth-order valence-electron chi connectivity index (χ4n) is 2.73. The van der Waals surface area contributed by atoms with Crippen LogP contribution in [-0.2, 0) is 0 Å². The van der Waals surface area contributed by atoms with Gasteiger partial charge < -0.3 is 10.5 Å². The lowest BCUT2D eigenvalue weighted by Gasteiger charge is -2.36. The van der Waals surface area contributed by atoms with Crippen molar-refractivity contribution in [2.45, 2.75) is 31.9 Å². The van der Waals surface area contributed by atoms with E-state index in [2.05, 4.69) is 54.0 Å². The first-order valence-corrected chi connectivity index (χ1v) is 7.58. The highest BCUT2D eigenvalue weighted by Gasteiger charge is 2.31. The van der Waals surface area contributed by atoms with E-state index >= 15 is 0 Å². The average Bonchev–Trinajstić information content (AvgIpc) is 2.38. The van der Waals surface area contributed by atoms with E-state index in [0.717, 1.165) is 22.2 Å². The fourth-order valence-corrected chi connectivity index (χ4v) is 3.00. The molecule has 0 radical (unpaired) electrons. The molecule has 0 spiro atoms. The predicted octanol–water partition coefficient (Wildman–Crippen LogP) is 4.68. The van der Waals surface area contributed by atoms with E-state index in [1.54, 1.807) is 0 Å². The number of nitrogens with two attached hydrogens (primary N) is 1. The lowest BCUT2D eigenvalue weighted by molar-refractivity contribution is 0.0729. The minimum atomic E-state index is -0.189. The molecule has 20 heavy (non-hydrogen) atoms. The van der Waals surface area contributed by atoms with Gasteiger partial charge in [-0.2, -0.15) is 0 Å². The van der Waals surface area contributed by atoms with E-state index in [-0.39, 0.29) is 11.6 Å². The monoisotopic (exact) mass is 331 g/mol. The van der Waals surface area contributed by atoms with Crippen LogP contribution in [0.1, 0.15) is 31.9 Å². The standard InChI is InChI=1S/C17H18BrNO/c1-17(2)10-15(19)14-9-12(5-8-16(14)20-17)11-3-6-13(18)7-4-11/h3-9,15H,10,19H2,1-2H3. The minimum Gasteiger partial charge on any atom is -0.487 e. The first kappa shape index (κ1) is 13.7. The van der Waals surface area contributed by atoms with Crippen molar-refractivity contribution >= 4 is 15.9 Å². The Kier molecular flexibility index (Phi) is 3.35. The molecule has 3 rings (SSSR count). The number of hydrogen-bond acceptors (Lipinski definition) is 2. The van der Waals surface area contributed by atoms with Gasteiger partial charge in [0.15, 0.2) is 0 Å². The van der Waals surface area contributed by atoms with E-state index in [1.807, 2.05) is 18.2 Å². The smallest absolute Gasteiger partial charge is 0.124 e. The molecule has 2 aromatic rings. The molecule has 2 aromatic carbocycles. The topological polar surface area (TPSA) is 35.2 Å². The van der Waals surface area contributed by atoms with E-state index in [0.29, 0.717) is 0 Å². The molecule has 0 fully saturated rings. The molecule has 104 valence electrons. The van der Waals surface area contributed by atoms with Crippen LogP contribution in [0.2, 0.25) is 0 Å². The van der Waals surface area contributed by atoms with Gasteiger partial charge in [0, 0.05) is 22.5 Å². The Morgan fingerprint density at radius 2 is 1.75 bits per heavy atom. The van der Waals surface area contributed by atoms with Gasteiger partial charge in [-0.1, -0.05) is 34.1 Å². The van der Waals surface area contributed by atoms with E-state index < -0.39 is 0 Å². The average molecular weight is 332 g/mol. The molecular formula is C17H18BrNO. The zero-order valence-electron chi connectivity index (χ0n) is 11.7. The summed E-state index contributed by atoms with van der Waals surface area (Å²) in [5, 5.41) is 0. The SMILES string of the molecule is CC1(C)CC(N)c2cc(-c3ccc(Br)cc3)ccc2O1. The molecule has 0 aliphatic carbocycles. The van der Waals surface area contributed by atoms with Gasteiger partial charge in [0.1, 0.15) is 11.4 Å². The summed E-state index contributed by atoms with van der Waals surface area (Å²) in [5.74, 6) is 0.912. The van der Waals surface area contributed by atoms with Crippen molar-refractivity contribution in [2.24, 2.45) is 5.73 Å². The highest BCUT2D eigenvalue weighted by Crippen LogP contribution is 2.40. The van der Waals surface area contributed by atoms with Crippen molar-refractivity contribution in [1.82, 2.24) is 0 Å². The molecule has 0 saturated heterocycles. The molecular weight excluding hydrogens is 314 g/mol. The molecule has 1 aliphatic heterocycles. The van der Waals surface area contributed by atoms with Crippen molar-refractivity contribution in [3.63, 3.8) is 0 Å². The second kappa shape index (κ2) is 4.90. The number of benzene rings is 2. The van der Waals surface area contributed by atoms with Gasteiger partial charge in [-0.05, 0) is 49.2 Å². The number of ether oxygens (including phenoxy) is 1. The highest BCUT2D eigenvalue weighted by atomic mass is 79.9. The molecule has 2 N–H and O–H groups in total. The van der Waals surface area contributed by atoms with E-state index in [1.165, 1.54) is 11.1 Å². The van der Waals surface area contributed by atoms with Crippen LogP contribution in [0.15, 0.2) is 46.9 Å². The van der Waals surface area contributed by atoms with Crippen LogP contribution < -0.4 is 10.5 Å². The Balaban J connectivity index is 2.01. The second-order valence-corrected chi connectivity index (χ2v) is 6.85. The van der Waals surface area contributed by atoms with Gasteiger partial charge in [-0.15, -0.1) is 0 Å². The minimum absolute atomic E-state index is 0.0316. The molecule has 2 nitrogen and oxygen atoms in total. The third kappa shape index (κ3) is 2.60. The number of halogens is 1. The van der Waals surface area contributed by atoms with Crippen molar-refractivity contribution in [3.05, 3.63) is 52.5 Å². The molecule has 1 unspecified atom stereocenters. The first-order chi connectivity index (χ1) is 9.44. The lowest BCUT2D eigenvalue weighted by atomic mass is 9.88. The Labute approximate surface area is 128 Å². The van der Waals surface area contributed by atoms with Gasteiger partial charge in [-0.3, -0.25) is 0 Å². The lowest BCUT2D eigenvalue weighted by Crippen LogP contribution is -2.37. The zero-order valence-corrected chi connectivity index (χ0v) is 13.3. The van der Waals surface area contributed by atoms with Gasteiger partial charge in [0.05, 0.1) is 0 Å². The summed E-state index contributed by atoms with van der Waals surface area (Å²) < 4.78 is 7.10. The van der Waals surface area contributed by atoms with E-state index in [4.69, 9.17) is 10.5 Å². The second-order valence-electron chi connectivity index (χ2n) is 5.93. The molecule has 1 aliphatic rings. The third-order valence-electron chi connectivity index (χ3n) is 3.68. The zero-order chi connectivity index (χ0) is 14.3. The number of rotatable bonds is 1. The number of fused-ring (bicyclic) bond motifs is 1. The largest absolute Gasteiger partial charge is 0.487 e. The Morgan fingerprint density at radius 3 is 2.45 bits per heavy atom. The summed E-state index contributed by atoms with van der Waals surface area (Å²) in [5.41, 5.74) is 9.58. The van der Waals surface area contributed by atoms with Crippen LogP contribution in [0.5, 0.6) is 5.75 Å². The van der Waals surface area contributed by atoms with Crippen LogP contribution in [-0.4, -0.2) is 5.60 Å². The van der Waals surface area contributed by atoms with Crippen molar-refractivity contribution in [1.29, 1.82) is 0 Å². The number of hydrogen-bond donors (Lipinski definition) is 1. The summed E-state index contributed by atoms with van der Waals surface area (Å²) in [6.07, 6.45) is 0.837. The molecule has 0 bridgehead atoms. The van der Waals surface area contributed by atoms with Crippen LogP contribution in [0.4, 0.5) is 0 Å².